The van der Waals surface area contributed by atoms with E-state index in [1.165, 1.54) is 0 Å². The van der Waals surface area contributed by atoms with Crippen LogP contribution in [0.2, 0.25) is 0 Å². The molecule has 1 nitrogen and oxygen atoms in total. The van der Waals surface area contributed by atoms with E-state index in [1.54, 1.807) is 0 Å². The third-order valence-corrected chi connectivity index (χ3v) is 1.52. The maximum Gasteiger partial charge on any atom is 0.124 e. The maximum atomic E-state index is 10.4. The van der Waals surface area contributed by atoms with Crippen molar-refractivity contribution in [3.8, 4) is 0 Å². The van der Waals surface area contributed by atoms with Crippen LogP contribution in [0.3, 0.4) is 0 Å². The summed E-state index contributed by atoms with van der Waals surface area (Å²) in [6.07, 6.45) is -0.300. The van der Waals surface area contributed by atoms with Crippen LogP contribution in [-0.2, 0) is 11.2 Å². The largest absolute Gasteiger partial charge is 0.303 e. The zero-order valence-corrected chi connectivity index (χ0v) is 5.92. The topological polar surface area (TPSA) is 17.1 Å². The van der Waals surface area contributed by atoms with Crippen molar-refractivity contribution in [2.75, 3.05) is 0 Å². The summed E-state index contributed by atoms with van der Waals surface area (Å²) >= 11 is 0. The van der Waals surface area contributed by atoms with Gasteiger partial charge >= 0.3 is 0 Å². The fraction of sp³-hybridized carbons (Fsp3) is 0.222. The van der Waals surface area contributed by atoms with Crippen LogP contribution in [0.25, 0.3) is 0 Å². The summed E-state index contributed by atoms with van der Waals surface area (Å²) in [5.41, 5.74) is 2.03. The van der Waals surface area contributed by atoms with Crippen LogP contribution in [0.4, 0.5) is 0 Å². The van der Waals surface area contributed by atoms with Crippen molar-refractivity contribution in [3.05, 3.63) is 35.4 Å². The van der Waals surface area contributed by atoms with Gasteiger partial charge in [0.1, 0.15) is 7.63 Å². The minimum atomic E-state index is -0.528. The molecule has 0 saturated carbocycles. The van der Waals surface area contributed by atoms with Crippen molar-refractivity contribution in [3.63, 3.8) is 0 Å². The Morgan fingerprint density at radius 2 is 2.30 bits per heavy atom. The average molecular weight is 136 g/mol. The van der Waals surface area contributed by atoms with Crippen LogP contribution in [0.15, 0.2) is 24.3 Å². The lowest BCUT2D eigenvalue weighted by Gasteiger charge is -1.97. The summed E-state index contributed by atoms with van der Waals surface area (Å²) in [7, 11) is 0. The van der Waals surface area contributed by atoms with E-state index < -0.39 is 6.26 Å². The van der Waals surface area contributed by atoms with E-state index >= 15 is 0 Å². The number of carbonyl (C=O) groups is 1. The van der Waals surface area contributed by atoms with Crippen LogP contribution in [0.1, 0.15) is 12.5 Å². The first-order chi connectivity index (χ1) is 5.20. The third-order valence-electron chi connectivity index (χ3n) is 1.52. The molecule has 1 aromatic carbocycles. The molecule has 0 aliphatic carbocycles. The molecule has 0 bridgehead atoms. The van der Waals surface area contributed by atoms with Gasteiger partial charge in [-0.15, -0.1) is 0 Å². The molecular formula is C9H10O. The molecule has 0 unspecified atom stereocenters. The molecule has 0 amide bonds. The van der Waals surface area contributed by atoms with E-state index in [4.69, 9.17) is 1.37 Å². The van der Waals surface area contributed by atoms with Gasteiger partial charge in [0.2, 0.25) is 0 Å². The first-order valence-electron chi connectivity index (χ1n) is 3.74. The zero-order valence-electron chi connectivity index (χ0n) is 6.92. The van der Waals surface area contributed by atoms with E-state index in [0.717, 1.165) is 11.1 Å². The summed E-state index contributed by atoms with van der Waals surface area (Å²) in [4.78, 5) is 10.4. The molecule has 10 heavy (non-hydrogen) atoms. The molecule has 1 aromatic rings. The van der Waals surface area contributed by atoms with Crippen LogP contribution < -0.4 is 0 Å². The van der Waals surface area contributed by atoms with Crippen LogP contribution in [0, 0.1) is 6.92 Å². The van der Waals surface area contributed by atoms with Gasteiger partial charge in [0.15, 0.2) is 0 Å². The molecule has 0 saturated heterocycles. The van der Waals surface area contributed by atoms with Gasteiger partial charge in [-0.05, 0) is 18.1 Å². The highest BCUT2D eigenvalue weighted by atomic mass is 16.1. The van der Waals surface area contributed by atoms with E-state index in [1.807, 2.05) is 31.2 Å². The number of hydrogen-bond acceptors (Lipinski definition) is 1. The molecule has 0 radical (unpaired) electrons. The van der Waals surface area contributed by atoms with Gasteiger partial charge in [0, 0.05) is 6.42 Å². The predicted octanol–water partition coefficient (Wildman–Crippen LogP) is 1.74. The van der Waals surface area contributed by atoms with Crippen molar-refractivity contribution in [2.24, 2.45) is 0 Å². The first-order valence-corrected chi connectivity index (χ1v) is 3.24. The summed E-state index contributed by atoms with van der Waals surface area (Å²) in [5, 5.41) is 0. The Hall–Kier alpha value is -1.11. The van der Waals surface area contributed by atoms with Crippen LogP contribution in [-0.4, -0.2) is 6.26 Å². The maximum absolute atomic E-state index is 10.4. The second-order valence-corrected chi connectivity index (χ2v) is 2.25. The number of aryl methyl sites for hydroxylation is 1. The normalized spacial score (nSPS) is 10.7. The summed E-state index contributed by atoms with van der Waals surface area (Å²) in [6.45, 7) is 1.94. The Morgan fingerprint density at radius 1 is 1.60 bits per heavy atom. The van der Waals surface area contributed by atoms with Gasteiger partial charge in [-0.2, -0.15) is 0 Å². The van der Waals surface area contributed by atoms with Gasteiger partial charge in [0.25, 0.3) is 0 Å². The van der Waals surface area contributed by atoms with Gasteiger partial charge < -0.3 is 4.79 Å². The second kappa shape index (κ2) is 3.16. The fourth-order valence-electron chi connectivity index (χ4n) is 0.886. The smallest absolute Gasteiger partial charge is 0.124 e. The third kappa shape index (κ3) is 1.44. The quantitative estimate of drug-likeness (QED) is 0.566. The summed E-state index contributed by atoms with van der Waals surface area (Å²) in [5.74, 6) is 0. The van der Waals surface area contributed by atoms with Gasteiger partial charge in [-0.1, -0.05) is 24.3 Å². The average Bonchev–Trinajstić information content (AvgIpc) is 1.93. The monoisotopic (exact) mass is 136 g/mol. The Bertz CT molecular complexity index is 268. The van der Waals surface area contributed by atoms with E-state index in [0.29, 0.717) is 0 Å². The highest BCUT2D eigenvalue weighted by Crippen LogP contribution is 2.05. The van der Waals surface area contributed by atoms with E-state index in [9.17, 15) is 4.79 Å². The standard InChI is InChI=1S/C9H10O/c1-8-4-2-3-5-9(8)6-7-10/h2-5,7H,6H2,1H3/i7T. The predicted molar refractivity (Wildman–Crippen MR) is 40.9 cm³/mol. The molecule has 52 valence electrons. The number of carbonyl (C=O) groups excluding carboxylic acids is 1. The molecule has 0 spiro atoms. The number of benzene rings is 1. The number of hydrogen-bond donors (Lipinski definition) is 0. The number of rotatable bonds is 2. The zero-order chi connectivity index (χ0) is 8.27. The van der Waals surface area contributed by atoms with Crippen molar-refractivity contribution in [2.45, 2.75) is 13.3 Å². The summed E-state index contributed by atoms with van der Waals surface area (Å²) < 4.78 is 6.77. The molecule has 0 aliphatic rings. The van der Waals surface area contributed by atoms with E-state index in [2.05, 4.69) is 0 Å². The summed E-state index contributed by atoms with van der Waals surface area (Å²) in [6, 6.07) is 7.62. The Balaban J connectivity index is 2.86. The molecule has 0 aliphatic heterocycles. The molecular weight excluding hydrogens is 124 g/mol. The van der Waals surface area contributed by atoms with Crippen LogP contribution >= 0.6 is 0 Å². The molecule has 1 heteroatoms. The second-order valence-electron chi connectivity index (χ2n) is 2.25. The highest BCUT2D eigenvalue weighted by molar-refractivity contribution is 5.55. The molecule has 1 rings (SSSR count). The molecule has 0 heterocycles. The fourth-order valence-corrected chi connectivity index (χ4v) is 0.886. The SMILES string of the molecule is [3H]C(=O)Cc1ccccc1C. The lowest BCUT2D eigenvalue weighted by atomic mass is 10.1. The molecule has 0 aromatic heterocycles. The first kappa shape index (κ1) is 5.66. The van der Waals surface area contributed by atoms with Gasteiger partial charge in [0.05, 0.1) is 0 Å². The van der Waals surface area contributed by atoms with Gasteiger partial charge in [-0.3, -0.25) is 0 Å². The number of aldehydes is 1. The Kier molecular flexibility index (Phi) is 1.79. The molecule has 0 fully saturated rings. The molecule has 0 atom stereocenters. The minimum absolute atomic E-state index is 0.229. The molecule has 0 N–H and O–H groups in total. The van der Waals surface area contributed by atoms with E-state index in [-0.39, 0.29) is 6.42 Å². The Morgan fingerprint density at radius 3 is 2.90 bits per heavy atom. The van der Waals surface area contributed by atoms with Gasteiger partial charge in [-0.25, -0.2) is 0 Å². The highest BCUT2D eigenvalue weighted by Gasteiger charge is 1.92. The van der Waals surface area contributed by atoms with Crippen LogP contribution in [0.5, 0.6) is 0 Å². The van der Waals surface area contributed by atoms with Crippen molar-refractivity contribution in [1.82, 2.24) is 0 Å². The van der Waals surface area contributed by atoms with Crippen molar-refractivity contribution in [1.29, 1.82) is 0 Å². The Labute approximate surface area is 62.1 Å². The lowest BCUT2D eigenvalue weighted by Crippen LogP contribution is -1.88. The minimum Gasteiger partial charge on any atom is -0.303 e. The lowest BCUT2D eigenvalue weighted by molar-refractivity contribution is -0.107. The van der Waals surface area contributed by atoms with Crippen molar-refractivity contribution >= 4 is 6.26 Å². The van der Waals surface area contributed by atoms with Crippen molar-refractivity contribution < 1.29 is 6.17 Å².